The predicted octanol–water partition coefficient (Wildman–Crippen LogP) is 2.59. The lowest BCUT2D eigenvalue weighted by molar-refractivity contribution is -0.129. The number of esters is 1. The van der Waals surface area contributed by atoms with E-state index in [0.717, 1.165) is 5.56 Å². The van der Waals surface area contributed by atoms with E-state index in [1.165, 1.54) is 18.1 Å². The summed E-state index contributed by atoms with van der Waals surface area (Å²) in [5.41, 5.74) is 1.79. The Morgan fingerprint density at radius 1 is 1.00 bits per heavy atom. The van der Waals surface area contributed by atoms with Gasteiger partial charge in [-0.25, -0.2) is 4.79 Å². The summed E-state index contributed by atoms with van der Waals surface area (Å²) >= 11 is 0. The highest BCUT2D eigenvalue weighted by molar-refractivity contribution is 5.98. The molecule has 0 saturated carbocycles. The van der Waals surface area contributed by atoms with Gasteiger partial charge in [-0.2, -0.15) is 0 Å². The average Bonchev–Trinajstić information content (AvgIpc) is 2.72. The highest BCUT2D eigenvalue weighted by Crippen LogP contribution is 2.15. The van der Waals surface area contributed by atoms with Crippen molar-refractivity contribution >= 4 is 29.5 Å². The lowest BCUT2D eigenvalue weighted by atomic mass is 10.1. The number of hydrogen-bond donors (Lipinski definition) is 1. The fraction of sp³-hybridized carbons (Fsp3) is 0.190. The highest BCUT2D eigenvalue weighted by atomic mass is 16.5. The molecule has 0 radical (unpaired) electrons. The van der Waals surface area contributed by atoms with Gasteiger partial charge in [-0.1, -0.05) is 12.1 Å². The van der Waals surface area contributed by atoms with Crippen LogP contribution in [0.1, 0.15) is 15.9 Å². The van der Waals surface area contributed by atoms with Gasteiger partial charge >= 0.3 is 5.97 Å². The fourth-order valence-electron chi connectivity index (χ4n) is 2.31. The van der Waals surface area contributed by atoms with E-state index in [2.05, 4.69) is 10.1 Å². The van der Waals surface area contributed by atoms with Crippen LogP contribution in [0, 0.1) is 0 Å². The Morgan fingerprint density at radius 2 is 1.64 bits per heavy atom. The first-order valence-electron chi connectivity index (χ1n) is 8.48. The van der Waals surface area contributed by atoms with Crippen LogP contribution in [-0.4, -0.2) is 50.5 Å². The molecule has 0 aliphatic heterocycles. The number of ether oxygens (including phenoxy) is 2. The van der Waals surface area contributed by atoms with Gasteiger partial charge in [-0.3, -0.25) is 9.59 Å². The zero-order valence-electron chi connectivity index (χ0n) is 16.0. The Kier molecular flexibility index (Phi) is 7.33. The molecule has 2 amide bonds. The van der Waals surface area contributed by atoms with Gasteiger partial charge < -0.3 is 19.7 Å². The van der Waals surface area contributed by atoms with Crippen molar-refractivity contribution < 1.29 is 23.9 Å². The number of amides is 2. The largest absolute Gasteiger partial charge is 0.497 e. The van der Waals surface area contributed by atoms with Crippen LogP contribution in [-0.2, 0) is 14.3 Å². The Hall–Kier alpha value is -3.61. The minimum Gasteiger partial charge on any atom is -0.497 e. The van der Waals surface area contributed by atoms with Gasteiger partial charge in [0.05, 0.1) is 26.3 Å². The van der Waals surface area contributed by atoms with Crippen molar-refractivity contribution in [3.8, 4) is 5.75 Å². The summed E-state index contributed by atoms with van der Waals surface area (Å²) in [6.07, 6.45) is 2.98. The van der Waals surface area contributed by atoms with E-state index >= 15 is 0 Å². The van der Waals surface area contributed by atoms with E-state index < -0.39 is 5.97 Å². The van der Waals surface area contributed by atoms with E-state index in [0.29, 0.717) is 17.0 Å². The van der Waals surface area contributed by atoms with Crippen molar-refractivity contribution in [3.63, 3.8) is 0 Å². The third-order valence-corrected chi connectivity index (χ3v) is 3.88. The normalized spacial score (nSPS) is 10.4. The van der Waals surface area contributed by atoms with E-state index in [9.17, 15) is 14.4 Å². The minimum absolute atomic E-state index is 0.0868. The molecule has 7 nitrogen and oxygen atoms in total. The molecule has 28 heavy (non-hydrogen) atoms. The summed E-state index contributed by atoms with van der Waals surface area (Å²) in [4.78, 5) is 37.0. The molecule has 0 aromatic heterocycles. The van der Waals surface area contributed by atoms with Crippen molar-refractivity contribution in [3.05, 3.63) is 65.7 Å². The maximum Gasteiger partial charge on any atom is 0.337 e. The van der Waals surface area contributed by atoms with Gasteiger partial charge in [-0.05, 0) is 48.0 Å². The topological polar surface area (TPSA) is 84.9 Å². The summed E-state index contributed by atoms with van der Waals surface area (Å²) < 4.78 is 9.70. The van der Waals surface area contributed by atoms with E-state index in [1.807, 2.05) is 0 Å². The van der Waals surface area contributed by atoms with Crippen LogP contribution in [0.4, 0.5) is 5.69 Å². The number of carbonyl (C=O) groups excluding carboxylic acids is 3. The predicted molar refractivity (Wildman–Crippen MR) is 106 cm³/mol. The number of hydrogen-bond acceptors (Lipinski definition) is 5. The number of nitrogens with zero attached hydrogens (tertiary/aromatic N) is 1. The van der Waals surface area contributed by atoms with Crippen molar-refractivity contribution in [2.45, 2.75) is 0 Å². The molecule has 2 aromatic rings. The summed E-state index contributed by atoms with van der Waals surface area (Å²) in [7, 11) is 4.42. The van der Waals surface area contributed by atoms with Crippen LogP contribution in [0.3, 0.4) is 0 Å². The molecule has 0 spiro atoms. The second kappa shape index (κ2) is 9.91. The molecule has 0 heterocycles. The molecule has 2 aromatic carbocycles. The van der Waals surface area contributed by atoms with E-state index in [4.69, 9.17) is 4.74 Å². The lowest BCUT2D eigenvalue weighted by Gasteiger charge is -2.15. The molecule has 1 N–H and O–H groups in total. The Morgan fingerprint density at radius 3 is 2.21 bits per heavy atom. The number of nitrogens with one attached hydrogen (secondary N) is 1. The van der Waals surface area contributed by atoms with Crippen LogP contribution in [0.15, 0.2) is 54.6 Å². The van der Waals surface area contributed by atoms with E-state index in [-0.39, 0.29) is 18.4 Å². The lowest BCUT2D eigenvalue weighted by Crippen LogP contribution is -2.33. The summed E-state index contributed by atoms with van der Waals surface area (Å²) in [6, 6.07) is 13.5. The summed E-state index contributed by atoms with van der Waals surface area (Å²) in [5, 5.41) is 2.72. The standard InChI is InChI=1S/C21H22N2O5/c1-23(14-19(24)22-17-9-11-18(27-2)12-10-17)20(25)13-6-15-4-7-16(8-5-15)21(26)28-3/h4-13H,14H2,1-3H3,(H,22,24)/b13-6+. The molecule has 7 heteroatoms. The van der Waals surface area contributed by atoms with Crippen LogP contribution < -0.4 is 10.1 Å². The van der Waals surface area contributed by atoms with Crippen LogP contribution in [0.5, 0.6) is 5.75 Å². The first kappa shape index (κ1) is 20.7. The monoisotopic (exact) mass is 382 g/mol. The van der Waals surface area contributed by atoms with Gasteiger partial charge in [0.25, 0.3) is 0 Å². The number of carbonyl (C=O) groups is 3. The van der Waals surface area contributed by atoms with Gasteiger partial charge in [0.1, 0.15) is 5.75 Å². The molecule has 0 aliphatic rings. The SMILES string of the molecule is COC(=O)c1ccc(/C=C/C(=O)N(C)CC(=O)Nc2ccc(OC)cc2)cc1. The van der Waals surface area contributed by atoms with Gasteiger partial charge in [0.2, 0.25) is 11.8 Å². The zero-order chi connectivity index (χ0) is 20.5. The van der Waals surface area contributed by atoms with Crippen LogP contribution in [0.2, 0.25) is 0 Å². The molecule has 0 atom stereocenters. The number of likely N-dealkylation sites (N-methyl/N-ethyl adjacent to an activating group) is 1. The van der Waals surface area contributed by atoms with Crippen molar-refractivity contribution in [2.24, 2.45) is 0 Å². The molecule has 0 aliphatic carbocycles. The second-order valence-corrected chi connectivity index (χ2v) is 5.92. The first-order chi connectivity index (χ1) is 13.4. The number of methoxy groups -OCH3 is 2. The third-order valence-electron chi connectivity index (χ3n) is 3.88. The quantitative estimate of drug-likeness (QED) is 0.588. The van der Waals surface area contributed by atoms with Gasteiger partial charge in [-0.15, -0.1) is 0 Å². The molecule has 0 unspecified atom stereocenters. The van der Waals surface area contributed by atoms with Gasteiger partial charge in [0, 0.05) is 18.8 Å². The summed E-state index contributed by atoms with van der Waals surface area (Å²) in [6.45, 7) is -0.0868. The zero-order valence-corrected chi connectivity index (χ0v) is 16.0. The molecule has 0 bridgehead atoms. The minimum atomic E-state index is -0.422. The van der Waals surface area contributed by atoms with Crippen molar-refractivity contribution in [2.75, 3.05) is 33.1 Å². The Balaban J connectivity index is 1.88. The van der Waals surface area contributed by atoms with Crippen LogP contribution in [0.25, 0.3) is 6.08 Å². The first-order valence-corrected chi connectivity index (χ1v) is 8.48. The molecule has 146 valence electrons. The maximum atomic E-state index is 12.2. The maximum absolute atomic E-state index is 12.2. The molecule has 2 rings (SSSR count). The molecule has 0 saturated heterocycles. The smallest absolute Gasteiger partial charge is 0.337 e. The van der Waals surface area contributed by atoms with Gasteiger partial charge in [0.15, 0.2) is 0 Å². The number of anilines is 1. The number of rotatable bonds is 7. The molecule has 0 fully saturated rings. The number of benzene rings is 2. The van der Waals surface area contributed by atoms with Crippen LogP contribution >= 0.6 is 0 Å². The third kappa shape index (κ3) is 5.98. The van der Waals surface area contributed by atoms with E-state index in [1.54, 1.807) is 68.8 Å². The average molecular weight is 382 g/mol. The molecular formula is C21H22N2O5. The fourth-order valence-corrected chi connectivity index (χ4v) is 2.31. The molecular weight excluding hydrogens is 360 g/mol. The van der Waals surface area contributed by atoms with Crippen molar-refractivity contribution in [1.82, 2.24) is 4.90 Å². The Labute approximate surface area is 163 Å². The highest BCUT2D eigenvalue weighted by Gasteiger charge is 2.11. The summed E-state index contributed by atoms with van der Waals surface area (Å²) in [5.74, 6) is -0.358. The Bertz CT molecular complexity index is 857. The van der Waals surface area contributed by atoms with Crippen molar-refractivity contribution in [1.29, 1.82) is 0 Å². The second-order valence-electron chi connectivity index (χ2n) is 5.92.